The topological polar surface area (TPSA) is 32.3 Å². The quantitative estimate of drug-likeness (QED) is 0.844. The molecule has 1 heterocycles. The number of carbonyl (C=O) groups excluding carboxylic acids is 1. The highest BCUT2D eigenvalue weighted by molar-refractivity contribution is 5.81. The van der Waals surface area contributed by atoms with Gasteiger partial charge in [0, 0.05) is 30.7 Å². The predicted molar refractivity (Wildman–Crippen MR) is 79.4 cm³/mol. The molecule has 0 fully saturated rings. The van der Waals surface area contributed by atoms with Crippen LogP contribution in [0.25, 0.3) is 0 Å². The van der Waals surface area contributed by atoms with Crippen LogP contribution in [0.15, 0.2) is 24.3 Å². The summed E-state index contributed by atoms with van der Waals surface area (Å²) in [5.74, 6) is 0.134. The fourth-order valence-corrected chi connectivity index (χ4v) is 2.38. The number of nitrogens with zero attached hydrogens (tertiary/aromatic N) is 1. The van der Waals surface area contributed by atoms with Gasteiger partial charge in [-0.2, -0.15) is 0 Å². The molecule has 0 unspecified atom stereocenters. The van der Waals surface area contributed by atoms with Gasteiger partial charge in [-0.05, 0) is 24.5 Å². The number of nitrogens with one attached hydrogen (secondary N) is 1. The Labute approximate surface area is 116 Å². The van der Waals surface area contributed by atoms with Crippen molar-refractivity contribution in [2.24, 2.45) is 5.41 Å². The maximum absolute atomic E-state index is 11.7. The number of anilines is 1. The summed E-state index contributed by atoms with van der Waals surface area (Å²) in [6.45, 7) is 8.71. The molecule has 1 aliphatic heterocycles. The second-order valence-corrected chi connectivity index (χ2v) is 6.23. The summed E-state index contributed by atoms with van der Waals surface area (Å²) in [5.41, 5.74) is 2.52. The molecular formula is C16H24N2O. The molecule has 3 heteroatoms. The van der Waals surface area contributed by atoms with Crippen molar-refractivity contribution >= 4 is 11.6 Å². The smallest absolute Gasteiger partial charge is 0.225 e. The van der Waals surface area contributed by atoms with E-state index in [2.05, 4.69) is 34.5 Å². The van der Waals surface area contributed by atoms with E-state index in [0.29, 0.717) is 0 Å². The fourth-order valence-electron chi connectivity index (χ4n) is 2.38. The van der Waals surface area contributed by atoms with Gasteiger partial charge in [-0.25, -0.2) is 0 Å². The van der Waals surface area contributed by atoms with Crippen LogP contribution in [0.3, 0.4) is 0 Å². The van der Waals surface area contributed by atoms with Gasteiger partial charge >= 0.3 is 0 Å². The molecule has 0 spiro atoms. The summed E-state index contributed by atoms with van der Waals surface area (Å²) in [7, 11) is 0. The molecule has 0 radical (unpaired) electrons. The van der Waals surface area contributed by atoms with Gasteiger partial charge in [-0.3, -0.25) is 4.79 Å². The standard InChI is InChI=1S/C16H24N2O/c1-16(2,3)15(19)17-10-6-11-18-12-9-13-7-4-5-8-14(13)18/h4-5,7-8H,6,9-12H2,1-3H3,(H,17,19). The first kappa shape index (κ1) is 13.9. The Bertz CT molecular complexity index is 448. The maximum Gasteiger partial charge on any atom is 0.225 e. The monoisotopic (exact) mass is 260 g/mol. The lowest BCUT2D eigenvalue weighted by Crippen LogP contribution is -2.36. The molecule has 1 amide bonds. The minimum atomic E-state index is -0.291. The zero-order valence-corrected chi connectivity index (χ0v) is 12.2. The SMILES string of the molecule is CC(C)(C)C(=O)NCCCN1CCc2ccccc21. The van der Waals surface area contributed by atoms with Crippen LogP contribution in [0, 0.1) is 5.41 Å². The molecule has 0 saturated carbocycles. The van der Waals surface area contributed by atoms with Crippen molar-refractivity contribution in [3.8, 4) is 0 Å². The number of hydrogen-bond donors (Lipinski definition) is 1. The Morgan fingerprint density at radius 1 is 1.32 bits per heavy atom. The highest BCUT2D eigenvalue weighted by Crippen LogP contribution is 2.27. The Morgan fingerprint density at radius 2 is 2.05 bits per heavy atom. The van der Waals surface area contributed by atoms with Gasteiger partial charge < -0.3 is 10.2 Å². The van der Waals surface area contributed by atoms with Gasteiger partial charge in [-0.1, -0.05) is 39.0 Å². The number of rotatable bonds is 4. The lowest BCUT2D eigenvalue weighted by molar-refractivity contribution is -0.128. The Morgan fingerprint density at radius 3 is 2.79 bits per heavy atom. The first-order chi connectivity index (χ1) is 8.98. The summed E-state index contributed by atoms with van der Waals surface area (Å²) in [5, 5.41) is 3.00. The van der Waals surface area contributed by atoms with Crippen LogP contribution in [0.4, 0.5) is 5.69 Å². The first-order valence-electron chi connectivity index (χ1n) is 7.09. The van der Waals surface area contributed by atoms with E-state index < -0.39 is 0 Å². The van der Waals surface area contributed by atoms with Gasteiger partial charge in [0.15, 0.2) is 0 Å². The third-order valence-corrected chi connectivity index (χ3v) is 3.55. The number of amides is 1. The molecule has 104 valence electrons. The van der Waals surface area contributed by atoms with Crippen molar-refractivity contribution in [3.63, 3.8) is 0 Å². The molecule has 3 nitrogen and oxygen atoms in total. The Hall–Kier alpha value is -1.51. The van der Waals surface area contributed by atoms with Crippen molar-refractivity contribution in [2.45, 2.75) is 33.6 Å². The zero-order valence-electron chi connectivity index (χ0n) is 12.2. The Balaban J connectivity index is 1.75. The molecule has 0 atom stereocenters. The second-order valence-electron chi connectivity index (χ2n) is 6.23. The van der Waals surface area contributed by atoms with E-state index in [-0.39, 0.29) is 11.3 Å². The number of carbonyl (C=O) groups is 1. The van der Waals surface area contributed by atoms with Crippen molar-refractivity contribution in [1.82, 2.24) is 5.32 Å². The number of hydrogen-bond acceptors (Lipinski definition) is 2. The summed E-state index contributed by atoms with van der Waals surface area (Å²) in [4.78, 5) is 14.1. The Kier molecular flexibility index (Phi) is 4.13. The van der Waals surface area contributed by atoms with Crippen LogP contribution in [-0.2, 0) is 11.2 Å². The average Bonchev–Trinajstić information content (AvgIpc) is 2.76. The van der Waals surface area contributed by atoms with Crippen LogP contribution >= 0.6 is 0 Å². The van der Waals surface area contributed by atoms with Gasteiger partial charge in [0.1, 0.15) is 0 Å². The van der Waals surface area contributed by atoms with E-state index in [9.17, 15) is 4.79 Å². The molecule has 0 bridgehead atoms. The fraction of sp³-hybridized carbons (Fsp3) is 0.562. The van der Waals surface area contributed by atoms with Gasteiger partial charge in [0.05, 0.1) is 0 Å². The summed E-state index contributed by atoms with van der Waals surface area (Å²) in [6.07, 6.45) is 2.14. The van der Waals surface area contributed by atoms with Crippen LogP contribution in [-0.4, -0.2) is 25.5 Å². The van der Waals surface area contributed by atoms with Crippen molar-refractivity contribution in [2.75, 3.05) is 24.5 Å². The van der Waals surface area contributed by atoms with Gasteiger partial charge in [0.25, 0.3) is 0 Å². The minimum absolute atomic E-state index is 0.134. The van der Waals surface area contributed by atoms with Crippen LogP contribution in [0.2, 0.25) is 0 Å². The summed E-state index contributed by atoms with van der Waals surface area (Å²) < 4.78 is 0. The first-order valence-corrected chi connectivity index (χ1v) is 7.09. The molecular weight excluding hydrogens is 236 g/mol. The van der Waals surface area contributed by atoms with Gasteiger partial charge in [0.2, 0.25) is 5.91 Å². The predicted octanol–water partition coefficient (Wildman–Crippen LogP) is 2.60. The summed E-state index contributed by atoms with van der Waals surface area (Å²) in [6, 6.07) is 8.59. The molecule has 1 aromatic carbocycles. The van der Waals surface area contributed by atoms with Crippen molar-refractivity contribution < 1.29 is 4.79 Å². The van der Waals surface area contributed by atoms with E-state index in [1.54, 1.807) is 0 Å². The lowest BCUT2D eigenvalue weighted by atomic mass is 9.96. The maximum atomic E-state index is 11.7. The normalized spacial score (nSPS) is 14.4. The highest BCUT2D eigenvalue weighted by atomic mass is 16.2. The molecule has 1 aliphatic rings. The molecule has 0 aromatic heterocycles. The van der Waals surface area contributed by atoms with E-state index in [1.807, 2.05) is 20.8 Å². The third kappa shape index (κ3) is 3.49. The van der Waals surface area contributed by atoms with Crippen molar-refractivity contribution in [3.05, 3.63) is 29.8 Å². The van der Waals surface area contributed by atoms with Crippen LogP contribution in [0.1, 0.15) is 32.8 Å². The molecule has 1 N–H and O–H groups in total. The third-order valence-electron chi connectivity index (χ3n) is 3.55. The lowest BCUT2D eigenvalue weighted by Gasteiger charge is -2.21. The van der Waals surface area contributed by atoms with Crippen LogP contribution in [0.5, 0.6) is 0 Å². The molecule has 0 saturated heterocycles. The van der Waals surface area contributed by atoms with E-state index in [4.69, 9.17) is 0 Å². The number of fused-ring (bicyclic) bond motifs is 1. The molecule has 1 aromatic rings. The van der Waals surface area contributed by atoms with E-state index >= 15 is 0 Å². The number of benzene rings is 1. The second kappa shape index (κ2) is 5.64. The minimum Gasteiger partial charge on any atom is -0.371 e. The van der Waals surface area contributed by atoms with Crippen molar-refractivity contribution in [1.29, 1.82) is 0 Å². The summed E-state index contributed by atoms with van der Waals surface area (Å²) >= 11 is 0. The van der Waals surface area contributed by atoms with E-state index in [1.165, 1.54) is 11.3 Å². The molecule has 0 aliphatic carbocycles. The number of para-hydroxylation sites is 1. The van der Waals surface area contributed by atoms with Gasteiger partial charge in [-0.15, -0.1) is 0 Å². The highest BCUT2D eigenvalue weighted by Gasteiger charge is 2.21. The van der Waals surface area contributed by atoms with E-state index in [0.717, 1.165) is 32.5 Å². The zero-order chi connectivity index (χ0) is 13.9. The average molecular weight is 260 g/mol. The molecule has 2 rings (SSSR count). The molecule has 19 heavy (non-hydrogen) atoms. The van der Waals surface area contributed by atoms with Crippen LogP contribution < -0.4 is 10.2 Å². The largest absolute Gasteiger partial charge is 0.371 e.